The SMILES string of the molecule is CC/C=C\C/C=C\C/C=C\C/C=C\C/C=C\C/C=C\C/C=C\C/C=C\C/C=C\C/C=C\CCCCCCC(=O)OCC(COC(=O)CCCCCCCCC)OC(=O)CCCCCCC/C=C\C/C=C\C/C=C\C/C=C\C/C=C\CC. The highest BCUT2D eigenvalue weighted by Gasteiger charge is 2.19. The lowest BCUT2D eigenvalue weighted by Crippen LogP contribution is -2.30. The Bertz CT molecular complexity index is 1900. The van der Waals surface area contributed by atoms with Crippen LogP contribution in [0.3, 0.4) is 0 Å². The molecule has 0 aromatic rings. The smallest absolute Gasteiger partial charge is 0.306 e. The van der Waals surface area contributed by atoms with Crippen LogP contribution in [0.2, 0.25) is 0 Å². The van der Waals surface area contributed by atoms with Crippen LogP contribution in [0, 0.1) is 0 Å². The molecule has 81 heavy (non-hydrogen) atoms. The van der Waals surface area contributed by atoms with Crippen LogP contribution in [0.1, 0.15) is 252 Å². The number of hydrogen-bond acceptors (Lipinski definition) is 6. The predicted octanol–water partition coefficient (Wildman–Crippen LogP) is 22.4. The van der Waals surface area contributed by atoms with Crippen molar-refractivity contribution in [1.29, 1.82) is 0 Å². The quantitative estimate of drug-likeness (QED) is 0.0261. The number of esters is 3. The van der Waals surface area contributed by atoms with Crippen molar-refractivity contribution in [2.24, 2.45) is 0 Å². The maximum Gasteiger partial charge on any atom is 0.306 e. The van der Waals surface area contributed by atoms with Gasteiger partial charge in [-0.1, -0.05) is 274 Å². The Kier molecular flexibility index (Phi) is 62.5. The molecule has 0 rings (SSSR count). The van der Waals surface area contributed by atoms with Crippen LogP contribution in [0.5, 0.6) is 0 Å². The molecule has 0 spiro atoms. The van der Waals surface area contributed by atoms with Crippen molar-refractivity contribution in [1.82, 2.24) is 0 Å². The van der Waals surface area contributed by atoms with Gasteiger partial charge in [0.2, 0.25) is 0 Å². The lowest BCUT2D eigenvalue weighted by Gasteiger charge is -2.18. The van der Waals surface area contributed by atoms with Gasteiger partial charge in [-0.3, -0.25) is 14.4 Å². The summed E-state index contributed by atoms with van der Waals surface area (Å²) in [7, 11) is 0. The Morgan fingerprint density at radius 1 is 0.259 bits per heavy atom. The summed E-state index contributed by atoms with van der Waals surface area (Å²) < 4.78 is 16.8. The second-order valence-corrected chi connectivity index (χ2v) is 20.6. The Morgan fingerprint density at radius 3 is 0.753 bits per heavy atom. The van der Waals surface area contributed by atoms with Gasteiger partial charge in [0, 0.05) is 19.3 Å². The second kappa shape index (κ2) is 67.0. The van der Waals surface area contributed by atoms with Gasteiger partial charge < -0.3 is 14.2 Å². The Balaban J connectivity index is 4.26. The first-order chi connectivity index (χ1) is 40.0. The Hall–Kier alpha value is -5.49. The van der Waals surface area contributed by atoms with Crippen LogP contribution >= 0.6 is 0 Å². The minimum Gasteiger partial charge on any atom is -0.462 e. The lowest BCUT2D eigenvalue weighted by atomic mass is 10.1. The van der Waals surface area contributed by atoms with Gasteiger partial charge in [0.05, 0.1) is 0 Å². The Morgan fingerprint density at radius 2 is 0.481 bits per heavy atom. The minimum absolute atomic E-state index is 0.102. The predicted molar refractivity (Wildman–Crippen MR) is 352 cm³/mol. The number of hydrogen-bond donors (Lipinski definition) is 0. The van der Waals surface area contributed by atoms with E-state index in [1.807, 2.05) is 0 Å². The first kappa shape index (κ1) is 75.5. The average molecular weight is 1110 g/mol. The van der Waals surface area contributed by atoms with Gasteiger partial charge in [0.15, 0.2) is 6.10 Å². The number of allylic oxidation sites excluding steroid dienone is 30. The zero-order chi connectivity index (χ0) is 58.5. The van der Waals surface area contributed by atoms with Gasteiger partial charge in [-0.15, -0.1) is 0 Å². The first-order valence-electron chi connectivity index (χ1n) is 32.3. The van der Waals surface area contributed by atoms with Crippen molar-refractivity contribution in [3.8, 4) is 0 Å². The molecule has 0 radical (unpaired) electrons. The molecule has 1 atom stereocenters. The van der Waals surface area contributed by atoms with E-state index in [1.165, 1.54) is 25.7 Å². The molecule has 0 bridgehead atoms. The van der Waals surface area contributed by atoms with E-state index in [9.17, 15) is 14.4 Å². The van der Waals surface area contributed by atoms with Crippen LogP contribution < -0.4 is 0 Å². The van der Waals surface area contributed by atoms with Crippen molar-refractivity contribution >= 4 is 17.9 Å². The molecular weight excluding hydrogens is 997 g/mol. The summed E-state index contributed by atoms with van der Waals surface area (Å²) in [6, 6.07) is 0. The summed E-state index contributed by atoms with van der Waals surface area (Å²) in [6.45, 7) is 6.31. The van der Waals surface area contributed by atoms with E-state index in [0.29, 0.717) is 19.3 Å². The van der Waals surface area contributed by atoms with Crippen LogP contribution in [0.25, 0.3) is 0 Å². The molecule has 0 N–H and O–H groups in total. The van der Waals surface area contributed by atoms with E-state index in [0.717, 1.165) is 186 Å². The average Bonchev–Trinajstić information content (AvgIpc) is 3.47. The molecule has 0 aliphatic heterocycles. The molecule has 0 aromatic carbocycles. The highest BCUT2D eigenvalue weighted by Crippen LogP contribution is 2.13. The molecule has 452 valence electrons. The first-order valence-corrected chi connectivity index (χ1v) is 32.3. The van der Waals surface area contributed by atoms with Crippen molar-refractivity contribution < 1.29 is 28.6 Å². The third-order valence-electron chi connectivity index (χ3n) is 12.9. The number of carbonyl (C=O) groups excluding carboxylic acids is 3. The van der Waals surface area contributed by atoms with Crippen molar-refractivity contribution in [2.75, 3.05) is 13.2 Å². The molecule has 0 aliphatic carbocycles. The van der Waals surface area contributed by atoms with Crippen molar-refractivity contribution in [3.05, 3.63) is 182 Å². The van der Waals surface area contributed by atoms with Gasteiger partial charge in [-0.25, -0.2) is 0 Å². The minimum atomic E-state index is -0.806. The topological polar surface area (TPSA) is 78.9 Å². The molecule has 1 unspecified atom stereocenters. The number of ether oxygens (including phenoxy) is 3. The van der Waals surface area contributed by atoms with Gasteiger partial charge >= 0.3 is 17.9 Å². The number of unbranched alkanes of at least 4 members (excludes halogenated alkanes) is 15. The molecule has 0 saturated heterocycles. The zero-order valence-corrected chi connectivity index (χ0v) is 51.7. The highest BCUT2D eigenvalue weighted by atomic mass is 16.6. The zero-order valence-electron chi connectivity index (χ0n) is 51.7. The number of rotatable bonds is 56. The van der Waals surface area contributed by atoms with Crippen LogP contribution in [0.15, 0.2) is 182 Å². The van der Waals surface area contributed by atoms with Gasteiger partial charge in [-0.05, 0) is 141 Å². The molecule has 0 aromatic heterocycles. The number of carbonyl (C=O) groups is 3. The van der Waals surface area contributed by atoms with Gasteiger partial charge in [0.25, 0.3) is 0 Å². The van der Waals surface area contributed by atoms with Gasteiger partial charge in [-0.2, -0.15) is 0 Å². The molecule has 6 nitrogen and oxygen atoms in total. The maximum absolute atomic E-state index is 12.8. The highest BCUT2D eigenvalue weighted by molar-refractivity contribution is 5.71. The maximum atomic E-state index is 12.8. The molecule has 0 saturated carbocycles. The van der Waals surface area contributed by atoms with E-state index in [-0.39, 0.29) is 31.1 Å². The van der Waals surface area contributed by atoms with Crippen molar-refractivity contribution in [3.63, 3.8) is 0 Å². The van der Waals surface area contributed by atoms with E-state index < -0.39 is 6.10 Å². The third kappa shape index (κ3) is 65.2. The summed E-state index contributed by atoms with van der Waals surface area (Å²) in [4.78, 5) is 38.1. The molecule has 6 heteroatoms. The largest absolute Gasteiger partial charge is 0.462 e. The summed E-state index contributed by atoms with van der Waals surface area (Å²) in [5.74, 6) is -0.962. The lowest BCUT2D eigenvalue weighted by molar-refractivity contribution is -0.167. The molecule has 0 amide bonds. The summed E-state index contributed by atoms with van der Waals surface area (Å²) in [6.07, 6.45) is 101. The fraction of sp³-hybridized carbons (Fsp3) is 0.560. The van der Waals surface area contributed by atoms with E-state index in [1.54, 1.807) is 0 Å². The summed E-state index contributed by atoms with van der Waals surface area (Å²) in [5, 5.41) is 0. The molecule has 0 aliphatic rings. The second-order valence-electron chi connectivity index (χ2n) is 20.6. The van der Waals surface area contributed by atoms with Crippen LogP contribution in [-0.2, 0) is 28.6 Å². The normalized spacial score (nSPS) is 13.4. The van der Waals surface area contributed by atoms with E-state index in [2.05, 4.69) is 203 Å². The van der Waals surface area contributed by atoms with Crippen molar-refractivity contribution in [2.45, 2.75) is 258 Å². The Labute approximate surface area is 497 Å². The summed E-state index contributed by atoms with van der Waals surface area (Å²) in [5.41, 5.74) is 0. The van der Waals surface area contributed by atoms with E-state index >= 15 is 0 Å². The van der Waals surface area contributed by atoms with E-state index in [4.69, 9.17) is 14.2 Å². The third-order valence-corrected chi connectivity index (χ3v) is 12.9. The van der Waals surface area contributed by atoms with Gasteiger partial charge in [0.1, 0.15) is 13.2 Å². The van der Waals surface area contributed by atoms with Crippen LogP contribution in [-0.4, -0.2) is 37.2 Å². The molecule has 0 heterocycles. The fourth-order valence-electron chi connectivity index (χ4n) is 8.14. The standard InChI is InChI=1S/C75H116O6/c1-4-7-10-13-16-18-20-22-24-26-28-30-31-32-33-34-35-36-37-38-39-40-41-42-43-45-46-48-50-52-54-56-59-62-65-68-74(77)80-71-72(70-79-73(76)67-64-61-58-15-12-9-6-3)81-75(78)69-66-63-60-57-55-53-51-49-47-44-29-27-25-23-21-19-17-14-11-8-5-2/h7-8,10-11,16-19,22-25,28-30,32-33,35-36,38-39,41-42,44-46,49-52,72H,4-6,9,12-15,20-21,26-27,31,34,37,40,43,47-48,53-71H2,1-3H3/b10-7-,11-8-,18-16-,19-17-,24-22-,25-23-,30-28-,33-32-,36-35-,39-38-,42-41-,44-29-,46-45-,51-49-,52-50-. The molecular formula is C75H116O6. The molecule has 0 fully saturated rings. The van der Waals surface area contributed by atoms with Crippen LogP contribution in [0.4, 0.5) is 0 Å². The monoisotopic (exact) mass is 1110 g/mol. The fourth-order valence-corrected chi connectivity index (χ4v) is 8.14. The summed E-state index contributed by atoms with van der Waals surface area (Å²) >= 11 is 0.